The van der Waals surface area contributed by atoms with E-state index in [2.05, 4.69) is 20.4 Å². The quantitative estimate of drug-likeness (QED) is 0.735. The summed E-state index contributed by atoms with van der Waals surface area (Å²) >= 11 is 6.06. The minimum absolute atomic E-state index is 0.130. The Labute approximate surface area is 149 Å². The molecule has 0 unspecified atom stereocenters. The van der Waals surface area contributed by atoms with Crippen LogP contribution in [0.4, 0.5) is 0 Å². The molecule has 1 aromatic carbocycles. The predicted molar refractivity (Wildman–Crippen MR) is 92.9 cm³/mol. The number of nitrogens with zero attached hydrogens (tertiary/aromatic N) is 4. The van der Waals surface area contributed by atoms with Crippen molar-refractivity contribution >= 4 is 17.5 Å². The number of nitriles is 1. The van der Waals surface area contributed by atoms with E-state index < -0.39 is 0 Å². The monoisotopic (exact) mass is 354 g/mol. The summed E-state index contributed by atoms with van der Waals surface area (Å²) < 4.78 is 1.74. The number of aromatic nitrogens is 4. The van der Waals surface area contributed by atoms with E-state index in [4.69, 9.17) is 16.9 Å². The molecule has 0 saturated carbocycles. The van der Waals surface area contributed by atoms with Crippen LogP contribution in [0.1, 0.15) is 23.1 Å². The summed E-state index contributed by atoms with van der Waals surface area (Å²) in [5.74, 6) is 0.0176. The van der Waals surface area contributed by atoms with Crippen LogP contribution in [0.5, 0.6) is 0 Å². The highest BCUT2D eigenvalue weighted by molar-refractivity contribution is 6.32. The van der Waals surface area contributed by atoms with Crippen molar-refractivity contribution in [3.05, 3.63) is 59.3 Å². The van der Waals surface area contributed by atoms with Crippen molar-refractivity contribution in [2.75, 3.05) is 0 Å². The van der Waals surface area contributed by atoms with Crippen molar-refractivity contribution in [1.29, 1.82) is 5.26 Å². The molecule has 0 aliphatic carbocycles. The van der Waals surface area contributed by atoms with Crippen molar-refractivity contribution in [3.63, 3.8) is 0 Å². The second-order valence-electron chi connectivity index (χ2n) is 5.54. The number of nitrogens with one attached hydrogen (secondary N) is 2. The van der Waals surface area contributed by atoms with Crippen LogP contribution in [0.2, 0.25) is 5.02 Å². The molecule has 1 amide bonds. The molecule has 0 radical (unpaired) electrons. The Morgan fingerprint density at radius 3 is 3.00 bits per heavy atom. The maximum atomic E-state index is 12.0. The van der Waals surface area contributed by atoms with E-state index >= 15 is 0 Å². The maximum absolute atomic E-state index is 12.0. The standard InChI is InChI=1S/C17H15ClN6O/c1-11(22-17(25)16-20-5-6-21-16)10-24-7-4-15(23-24)12-2-3-13(9-19)14(18)8-12/h2-8,11H,10H2,1H3,(H,20,21)(H,22,25)/t11-/m0/s1. The van der Waals surface area contributed by atoms with Gasteiger partial charge in [0.2, 0.25) is 0 Å². The Kier molecular flexibility index (Phi) is 4.82. The SMILES string of the molecule is C[C@@H](Cn1ccc(-c2ccc(C#N)c(Cl)c2)n1)NC(=O)c1ncc[nH]1. The Balaban J connectivity index is 1.66. The first-order valence-electron chi connectivity index (χ1n) is 7.60. The molecule has 2 N–H and O–H groups in total. The maximum Gasteiger partial charge on any atom is 0.287 e. The number of H-pyrrole nitrogens is 1. The number of aromatic amines is 1. The highest BCUT2D eigenvalue weighted by atomic mass is 35.5. The molecule has 0 aliphatic rings. The molecule has 0 fully saturated rings. The van der Waals surface area contributed by atoms with Crippen molar-refractivity contribution in [2.45, 2.75) is 19.5 Å². The zero-order valence-electron chi connectivity index (χ0n) is 13.4. The van der Waals surface area contributed by atoms with E-state index in [0.717, 1.165) is 11.3 Å². The average molecular weight is 355 g/mol. The van der Waals surface area contributed by atoms with E-state index in [1.165, 1.54) is 6.20 Å². The molecule has 0 saturated heterocycles. The molecule has 2 aromatic heterocycles. The second-order valence-corrected chi connectivity index (χ2v) is 5.95. The average Bonchev–Trinajstić information content (AvgIpc) is 3.26. The smallest absolute Gasteiger partial charge is 0.287 e. The highest BCUT2D eigenvalue weighted by Gasteiger charge is 2.13. The van der Waals surface area contributed by atoms with Crippen molar-refractivity contribution in [1.82, 2.24) is 25.1 Å². The fourth-order valence-corrected chi connectivity index (χ4v) is 2.61. The number of carbonyl (C=O) groups excluding carboxylic acids is 1. The van der Waals surface area contributed by atoms with Gasteiger partial charge >= 0.3 is 0 Å². The third kappa shape index (κ3) is 3.87. The number of rotatable bonds is 5. The Morgan fingerprint density at radius 1 is 1.48 bits per heavy atom. The number of imidazole rings is 1. The summed E-state index contributed by atoms with van der Waals surface area (Å²) in [4.78, 5) is 18.6. The van der Waals surface area contributed by atoms with Crippen LogP contribution in [0.15, 0.2) is 42.9 Å². The largest absolute Gasteiger partial charge is 0.345 e. The van der Waals surface area contributed by atoms with Gasteiger partial charge in [-0.25, -0.2) is 4.98 Å². The number of carbonyl (C=O) groups is 1. The first-order valence-corrected chi connectivity index (χ1v) is 7.98. The minimum Gasteiger partial charge on any atom is -0.345 e. The number of hydrogen-bond acceptors (Lipinski definition) is 4. The molecule has 3 aromatic rings. The van der Waals surface area contributed by atoms with Gasteiger partial charge in [0.1, 0.15) is 6.07 Å². The lowest BCUT2D eigenvalue weighted by Gasteiger charge is -2.12. The van der Waals surface area contributed by atoms with Gasteiger partial charge in [-0.15, -0.1) is 0 Å². The molecule has 8 heteroatoms. The molecular formula is C17H15ClN6O. The molecular weight excluding hydrogens is 340 g/mol. The van der Waals surface area contributed by atoms with Crippen molar-refractivity contribution < 1.29 is 4.79 Å². The summed E-state index contributed by atoms with van der Waals surface area (Å²) in [6, 6.07) is 8.95. The van der Waals surface area contributed by atoms with E-state index in [-0.39, 0.29) is 17.8 Å². The van der Waals surface area contributed by atoms with Gasteiger partial charge < -0.3 is 10.3 Å². The van der Waals surface area contributed by atoms with E-state index in [1.54, 1.807) is 29.1 Å². The van der Waals surface area contributed by atoms with Crippen LogP contribution in [-0.2, 0) is 6.54 Å². The van der Waals surface area contributed by atoms with Crippen LogP contribution in [0, 0.1) is 11.3 Å². The molecule has 0 spiro atoms. The second kappa shape index (κ2) is 7.20. The summed E-state index contributed by atoms with van der Waals surface area (Å²) in [6.07, 6.45) is 4.96. The molecule has 1 atom stereocenters. The summed E-state index contributed by atoms with van der Waals surface area (Å²) in [7, 11) is 0. The van der Waals surface area contributed by atoms with Crippen LogP contribution in [-0.4, -0.2) is 31.7 Å². The summed E-state index contributed by atoms with van der Waals surface area (Å²) in [5.41, 5.74) is 2.00. The van der Waals surface area contributed by atoms with E-state index in [0.29, 0.717) is 17.1 Å². The normalized spacial score (nSPS) is 11.7. The van der Waals surface area contributed by atoms with Crippen LogP contribution in [0.3, 0.4) is 0 Å². The van der Waals surface area contributed by atoms with Gasteiger partial charge in [-0.1, -0.05) is 17.7 Å². The molecule has 25 heavy (non-hydrogen) atoms. The molecule has 2 heterocycles. The van der Waals surface area contributed by atoms with Crippen molar-refractivity contribution in [2.24, 2.45) is 0 Å². The lowest BCUT2D eigenvalue weighted by atomic mass is 10.1. The minimum atomic E-state index is -0.260. The zero-order chi connectivity index (χ0) is 17.8. The predicted octanol–water partition coefficient (Wildman–Crippen LogP) is 2.62. The highest BCUT2D eigenvalue weighted by Crippen LogP contribution is 2.24. The summed E-state index contributed by atoms with van der Waals surface area (Å²) in [6.45, 7) is 2.40. The Morgan fingerprint density at radius 2 is 2.32 bits per heavy atom. The summed E-state index contributed by atoms with van der Waals surface area (Å²) in [5, 5.41) is 16.7. The number of hydrogen-bond donors (Lipinski definition) is 2. The first kappa shape index (κ1) is 16.7. The lowest BCUT2D eigenvalue weighted by Crippen LogP contribution is -2.36. The topological polar surface area (TPSA) is 99.4 Å². The van der Waals surface area contributed by atoms with Crippen molar-refractivity contribution in [3.8, 4) is 17.3 Å². The third-order valence-electron chi connectivity index (χ3n) is 3.58. The van der Waals surface area contributed by atoms with Crippen LogP contribution in [0.25, 0.3) is 11.3 Å². The lowest BCUT2D eigenvalue weighted by molar-refractivity contribution is 0.0926. The van der Waals surface area contributed by atoms with Gasteiger partial charge in [0.05, 0.1) is 22.8 Å². The Bertz CT molecular complexity index is 925. The van der Waals surface area contributed by atoms with Crippen LogP contribution >= 0.6 is 11.6 Å². The fraction of sp³-hybridized carbons (Fsp3) is 0.176. The zero-order valence-corrected chi connectivity index (χ0v) is 14.2. The van der Waals surface area contributed by atoms with Gasteiger partial charge in [0.15, 0.2) is 5.82 Å². The van der Waals surface area contributed by atoms with Gasteiger partial charge in [-0.3, -0.25) is 9.48 Å². The van der Waals surface area contributed by atoms with E-state index in [1.807, 2.05) is 25.3 Å². The van der Waals surface area contributed by atoms with Gasteiger partial charge in [-0.05, 0) is 25.1 Å². The van der Waals surface area contributed by atoms with Gasteiger partial charge in [0.25, 0.3) is 5.91 Å². The Hall–Kier alpha value is -3.11. The first-order chi connectivity index (χ1) is 12.1. The molecule has 7 nitrogen and oxygen atoms in total. The fourth-order valence-electron chi connectivity index (χ4n) is 2.39. The molecule has 126 valence electrons. The number of halogens is 1. The third-order valence-corrected chi connectivity index (χ3v) is 3.89. The molecule has 0 bridgehead atoms. The van der Waals surface area contributed by atoms with Gasteiger partial charge in [0, 0.05) is 30.2 Å². The molecule has 3 rings (SSSR count). The number of benzene rings is 1. The number of amides is 1. The molecule has 0 aliphatic heterocycles. The van der Waals surface area contributed by atoms with Gasteiger partial charge in [-0.2, -0.15) is 10.4 Å². The van der Waals surface area contributed by atoms with E-state index in [9.17, 15) is 4.79 Å². The van der Waals surface area contributed by atoms with Crippen LogP contribution < -0.4 is 5.32 Å².